The molecule has 4 rings (SSSR count). The molecular formula is C21H17ClNO3-. The fourth-order valence-electron chi connectivity index (χ4n) is 3.50. The molecule has 1 aliphatic heterocycles. The molecule has 26 heavy (non-hydrogen) atoms. The van der Waals surface area contributed by atoms with Gasteiger partial charge in [-0.25, -0.2) is 0 Å². The molecule has 0 unspecified atom stereocenters. The second kappa shape index (κ2) is 6.63. The normalized spacial score (nSPS) is 15.2. The number of halogens is 1. The van der Waals surface area contributed by atoms with Gasteiger partial charge in [0.05, 0.1) is 5.97 Å². The van der Waals surface area contributed by atoms with Crippen LogP contribution in [0.1, 0.15) is 22.5 Å². The third-order valence-corrected chi connectivity index (χ3v) is 5.14. The van der Waals surface area contributed by atoms with Crippen molar-refractivity contribution in [2.24, 2.45) is 0 Å². The Balaban J connectivity index is 1.95. The number of nitrogens with zero attached hydrogens (tertiary/aromatic N) is 1. The van der Waals surface area contributed by atoms with Crippen molar-refractivity contribution in [2.45, 2.75) is 13.0 Å². The summed E-state index contributed by atoms with van der Waals surface area (Å²) in [6.45, 7) is 1.55. The first-order valence-electron chi connectivity index (χ1n) is 8.44. The van der Waals surface area contributed by atoms with E-state index in [-0.39, 0.29) is 5.57 Å². The summed E-state index contributed by atoms with van der Waals surface area (Å²) in [6.07, 6.45) is 2.39. The van der Waals surface area contributed by atoms with Crippen molar-refractivity contribution in [2.75, 3.05) is 13.6 Å². The molecule has 0 saturated carbocycles. The predicted molar refractivity (Wildman–Crippen MR) is 101 cm³/mol. The number of likely N-dealkylation sites (N-methyl/N-ethyl adjacent to an activating group) is 1. The van der Waals surface area contributed by atoms with Crippen molar-refractivity contribution in [1.82, 2.24) is 4.90 Å². The summed E-state index contributed by atoms with van der Waals surface area (Å²) in [5.41, 5.74) is 3.43. The van der Waals surface area contributed by atoms with Crippen LogP contribution >= 0.6 is 11.6 Å². The van der Waals surface area contributed by atoms with Crippen molar-refractivity contribution < 1.29 is 14.3 Å². The molecule has 2 heterocycles. The van der Waals surface area contributed by atoms with E-state index in [1.54, 1.807) is 30.3 Å². The second-order valence-electron chi connectivity index (χ2n) is 6.54. The van der Waals surface area contributed by atoms with Crippen molar-refractivity contribution in [1.29, 1.82) is 0 Å². The van der Waals surface area contributed by atoms with E-state index in [1.807, 2.05) is 25.2 Å². The number of carbonyl (C=O) groups excluding carboxylic acids is 1. The maximum atomic E-state index is 11.7. The molecule has 1 aromatic heterocycles. The minimum atomic E-state index is -1.23. The largest absolute Gasteiger partial charge is 0.545 e. The highest BCUT2D eigenvalue weighted by atomic mass is 35.5. The molecule has 0 fully saturated rings. The van der Waals surface area contributed by atoms with Gasteiger partial charge in [-0.1, -0.05) is 41.9 Å². The van der Waals surface area contributed by atoms with Crippen molar-refractivity contribution in [3.63, 3.8) is 0 Å². The minimum Gasteiger partial charge on any atom is -0.545 e. The summed E-state index contributed by atoms with van der Waals surface area (Å²) in [4.78, 5) is 13.9. The molecule has 0 N–H and O–H groups in total. The summed E-state index contributed by atoms with van der Waals surface area (Å²) in [5.74, 6) is -0.690. The number of hydrogen-bond donors (Lipinski definition) is 0. The zero-order valence-electron chi connectivity index (χ0n) is 14.3. The first-order valence-corrected chi connectivity index (χ1v) is 8.82. The molecule has 2 aromatic carbocycles. The summed E-state index contributed by atoms with van der Waals surface area (Å²) in [5, 5.41) is 13.4. The number of benzene rings is 2. The molecule has 1 aliphatic rings. The smallest absolute Gasteiger partial charge is 0.135 e. The number of carbonyl (C=O) groups is 1. The Morgan fingerprint density at radius 2 is 1.96 bits per heavy atom. The standard InChI is InChI=1S/C21H18ClNO3/c1-23-10-9-14-17(22)7-8-18-20(14)16(12-23)19(26-18)11-15(21(24)25)13-5-3-2-4-6-13/h2-8,11H,9-10,12H2,1H3,(H,24,25)/p-1/b15-11-. The molecule has 0 radical (unpaired) electrons. The van der Waals surface area contributed by atoms with Gasteiger partial charge in [0.2, 0.25) is 0 Å². The van der Waals surface area contributed by atoms with E-state index in [0.29, 0.717) is 22.9 Å². The Labute approximate surface area is 156 Å². The Morgan fingerprint density at radius 3 is 2.69 bits per heavy atom. The van der Waals surface area contributed by atoms with Gasteiger partial charge in [-0.3, -0.25) is 0 Å². The first kappa shape index (κ1) is 16.9. The molecule has 132 valence electrons. The number of furan rings is 1. The van der Waals surface area contributed by atoms with Crippen LogP contribution in [0.4, 0.5) is 0 Å². The van der Waals surface area contributed by atoms with E-state index in [0.717, 1.165) is 35.1 Å². The lowest BCUT2D eigenvalue weighted by Gasteiger charge is -2.13. The lowest BCUT2D eigenvalue weighted by Crippen LogP contribution is -2.23. The van der Waals surface area contributed by atoms with Gasteiger partial charge in [0.25, 0.3) is 0 Å². The average molecular weight is 367 g/mol. The Morgan fingerprint density at radius 1 is 1.19 bits per heavy atom. The van der Waals surface area contributed by atoms with Crippen LogP contribution in [0.3, 0.4) is 0 Å². The van der Waals surface area contributed by atoms with Crippen molar-refractivity contribution in [3.05, 3.63) is 69.9 Å². The quantitative estimate of drug-likeness (QED) is 0.667. The van der Waals surface area contributed by atoms with E-state index < -0.39 is 5.97 Å². The molecule has 5 heteroatoms. The highest BCUT2D eigenvalue weighted by Gasteiger charge is 2.23. The van der Waals surface area contributed by atoms with Gasteiger partial charge in [-0.15, -0.1) is 0 Å². The van der Waals surface area contributed by atoms with Crippen LogP contribution in [0, 0.1) is 0 Å². The van der Waals surface area contributed by atoms with Crippen LogP contribution in [0.15, 0.2) is 46.9 Å². The number of carboxylic acid groups (broad SMARTS) is 1. The van der Waals surface area contributed by atoms with E-state index in [4.69, 9.17) is 16.0 Å². The molecule has 4 nitrogen and oxygen atoms in total. The van der Waals surface area contributed by atoms with Gasteiger partial charge < -0.3 is 19.2 Å². The third-order valence-electron chi connectivity index (χ3n) is 4.79. The van der Waals surface area contributed by atoms with E-state index in [1.165, 1.54) is 0 Å². The fourth-order valence-corrected chi connectivity index (χ4v) is 3.75. The molecule has 0 bridgehead atoms. The van der Waals surface area contributed by atoms with Gasteiger partial charge in [0.1, 0.15) is 11.3 Å². The van der Waals surface area contributed by atoms with Crippen LogP contribution in [-0.2, 0) is 17.8 Å². The maximum Gasteiger partial charge on any atom is 0.135 e. The number of rotatable bonds is 3. The van der Waals surface area contributed by atoms with Crippen LogP contribution in [0.2, 0.25) is 5.02 Å². The van der Waals surface area contributed by atoms with E-state index >= 15 is 0 Å². The van der Waals surface area contributed by atoms with Crippen molar-refractivity contribution >= 4 is 40.2 Å². The third kappa shape index (κ3) is 2.91. The number of hydrogen-bond acceptors (Lipinski definition) is 4. The molecule has 0 spiro atoms. The Hall–Kier alpha value is -2.56. The van der Waals surface area contributed by atoms with Crippen molar-refractivity contribution in [3.8, 4) is 0 Å². The van der Waals surface area contributed by atoms with E-state index in [9.17, 15) is 9.90 Å². The van der Waals surface area contributed by atoms with Gasteiger partial charge in [-0.2, -0.15) is 0 Å². The number of carboxylic acids is 1. The Bertz CT molecular complexity index is 1020. The molecule has 0 saturated heterocycles. The molecular weight excluding hydrogens is 350 g/mol. The molecule has 3 aromatic rings. The SMILES string of the molecule is CN1CCc2c(Cl)ccc3oc(/C=C(\C(=O)[O-])c4ccccc4)c(c23)C1. The molecule has 0 aliphatic carbocycles. The zero-order valence-corrected chi connectivity index (χ0v) is 15.0. The Kier molecular flexibility index (Phi) is 4.31. The molecule has 0 atom stereocenters. The van der Waals surface area contributed by atoms with E-state index in [2.05, 4.69) is 4.90 Å². The lowest BCUT2D eigenvalue weighted by atomic mass is 10.0. The summed E-state index contributed by atoms with van der Waals surface area (Å²) < 4.78 is 6.02. The summed E-state index contributed by atoms with van der Waals surface area (Å²) in [6, 6.07) is 12.6. The van der Waals surface area contributed by atoms with Gasteiger partial charge in [0, 0.05) is 34.6 Å². The van der Waals surface area contributed by atoms with Crippen LogP contribution in [0.5, 0.6) is 0 Å². The average Bonchev–Trinajstić information content (AvgIpc) is 2.85. The monoisotopic (exact) mass is 366 g/mol. The van der Waals surface area contributed by atoms with Crippen LogP contribution in [-0.4, -0.2) is 24.5 Å². The topological polar surface area (TPSA) is 56.5 Å². The van der Waals surface area contributed by atoms with Gasteiger partial charge in [-0.05, 0) is 42.8 Å². The van der Waals surface area contributed by atoms with Crippen LogP contribution in [0.25, 0.3) is 22.6 Å². The number of aliphatic carboxylic acids is 1. The minimum absolute atomic E-state index is 0.0976. The second-order valence-corrected chi connectivity index (χ2v) is 6.95. The van der Waals surface area contributed by atoms with Gasteiger partial charge in [0.15, 0.2) is 0 Å². The summed E-state index contributed by atoms with van der Waals surface area (Å²) in [7, 11) is 2.03. The predicted octanol–water partition coefficient (Wildman–Crippen LogP) is 3.36. The highest BCUT2D eigenvalue weighted by Crippen LogP contribution is 2.37. The first-order chi connectivity index (χ1) is 12.5. The lowest BCUT2D eigenvalue weighted by molar-refractivity contribution is -0.295. The highest BCUT2D eigenvalue weighted by molar-refractivity contribution is 6.32. The summed E-state index contributed by atoms with van der Waals surface area (Å²) >= 11 is 6.41. The molecule has 0 amide bonds. The zero-order chi connectivity index (χ0) is 18.3. The van der Waals surface area contributed by atoms with Gasteiger partial charge >= 0.3 is 0 Å². The van der Waals surface area contributed by atoms with Crippen LogP contribution < -0.4 is 5.11 Å². The fraction of sp³-hybridized carbons (Fsp3) is 0.190. The maximum absolute atomic E-state index is 11.7.